The second kappa shape index (κ2) is 11.3. The fraction of sp³-hybridized carbons (Fsp3) is 1.00. The summed E-state index contributed by atoms with van der Waals surface area (Å²) in [6.07, 6.45) is 9.15. The summed E-state index contributed by atoms with van der Waals surface area (Å²) in [6.45, 7) is 5.29. The van der Waals surface area contributed by atoms with Crippen molar-refractivity contribution in [3.05, 3.63) is 0 Å². The minimum atomic E-state index is 0.433. The van der Waals surface area contributed by atoms with Gasteiger partial charge in [-0.05, 0) is 26.2 Å². The number of unbranched alkanes of at least 4 members (excludes halogenated alkanes) is 4. The number of hydrogen-bond donors (Lipinski definition) is 0. The molecule has 0 fully saturated rings. The van der Waals surface area contributed by atoms with Crippen molar-refractivity contribution < 1.29 is 4.74 Å². The third kappa shape index (κ3) is 10.3. The summed E-state index contributed by atoms with van der Waals surface area (Å²) in [7, 11) is 0. The molecule has 1 nitrogen and oxygen atoms in total. The van der Waals surface area contributed by atoms with Gasteiger partial charge in [0.25, 0.3) is 0 Å². The summed E-state index contributed by atoms with van der Waals surface area (Å²) in [4.78, 5) is 0. The third-order valence-corrected chi connectivity index (χ3v) is 2.66. The van der Waals surface area contributed by atoms with Crippen molar-refractivity contribution in [3.63, 3.8) is 0 Å². The van der Waals surface area contributed by atoms with Gasteiger partial charge >= 0.3 is 0 Å². The van der Waals surface area contributed by atoms with Gasteiger partial charge in [0.05, 0.1) is 6.10 Å². The van der Waals surface area contributed by atoms with Gasteiger partial charge in [0.2, 0.25) is 0 Å². The number of rotatable bonds is 10. The van der Waals surface area contributed by atoms with Crippen LogP contribution in [0.4, 0.5) is 0 Å². The van der Waals surface area contributed by atoms with Crippen LogP contribution in [0, 0.1) is 0 Å². The zero-order valence-corrected chi connectivity index (χ0v) is 10.5. The Hall–Kier alpha value is 0.250. The number of alkyl halides is 1. The molecule has 1 atom stereocenters. The summed E-state index contributed by atoms with van der Waals surface area (Å²) in [5, 5.41) is 0. The van der Waals surface area contributed by atoms with E-state index < -0.39 is 0 Å². The minimum Gasteiger partial charge on any atom is -0.379 e. The van der Waals surface area contributed by atoms with Crippen molar-refractivity contribution in [2.75, 3.05) is 12.5 Å². The van der Waals surface area contributed by atoms with Crippen LogP contribution in [0.1, 0.15) is 58.8 Å². The first-order valence-corrected chi connectivity index (χ1v) is 6.52. The Morgan fingerprint density at radius 2 is 1.86 bits per heavy atom. The van der Waals surface area contributed by atoms with Crippen LogP contribution >= 0.6 is 11.6 Å². The molecule has 0 heterocycles. The van der Waals surface area contributed by atoms with Crippen molar-refractivity contribution in [2.45, 2.75) is 64.9 Å². The van der Waals surface area contributed by atoms with Crippen LogP contribution in [-0.2, 0) is 4.74 Å². The molecule has 0 saturated carbocycles. The molecule has 1 unspecified atom stereocenters. The van der Waals surface area contributed by atoms with Gasteiger partial charge in [-0.2, -0.15) is 0 Å². The van der Waals surface area contributed by atoms with Crippen LogP contribution in [0.15, 0.2) is 0 Å². The zero-order chi connectivity index (χ0) is 10.6. The van der Waals surface area contributed by atoms with E-state index in [1.54, 1.807) is 0 Å². The van der Waals surface area contributed by atoms with Crippen LogP contribution in [0.25, 0.3) is 0 Å². The molecule has 0 rings (SSSR count). The van der Waals surface area contributed by atoms with E-state index in [2.05, 4.69) is 13.8 Å². The Labute approximate surface area is 94.2 Å². The maximum atomic E-state index is 5.67. The van der Waals surface area contributed by atoms with Gasteiger partial charge in [-0.25, -0.2) is 0 Å². The van der Waals surface area contributed by atoms with E-state index in [1.807, 2.05) is 0 Å². The molecule has 0 spiro atoms. The molecule has 0 aliphatic carbocycles. The largest absolute Gasteiger partial charge is 0.379 e. The van der Waals surface area contributed by atoms with Crippen molar-refractivity contribution in [1.82, 2.24) is 0 Å². The lowest BCUT2D eigenvalue weighted by Gasteiger charge is -2.12. The maximum Gasteiger partial charge on any atom is 0.0547 e. The van der Waals surface area contributed by atoms with Gasteiger partial charge in [0.15, 0.2) is 0 Å². The molecule has 0 aromatic rings. The van der Waals surface area contributed by atoms with Crippen LogP contribution in [0.5, 0.6) is 0 Å². The van der Waals surface area contributed by atoms with Crippen LogP contribution in [0.3, 0.4) is 0 Å². The molecule has 0 amide bonds. The van der Waals surface area contributed by atoms with Gasteiger partial charge in [-0.15, -0.1) is 11.6 Å². The Bertz CT molecular complexity index is 94.5. The van der Waals surface area contributed by atoms with Crippen molar-refractivity contribution in [1.29, 1.82) is 0 Å². The van der Waals surface area contributed by atoms with Crippen molar-refractivity contribution in [2.24, 2.45) is 0 Å². The van der Waals surface area contributed by atoms with E-state index in [1.165, 1.54) is 32.1 Å². The van der Waals surface area contributed by atoms with Gasteiger partial charge in [-0.3, -0.25) is 0 Å². The second-order valence-electron chi connectivity index (χ2n) is 3.93. The Kier molecular flexibility index (Phi) is 11.5. The van der Waals surface area contributed by atoms with Crippen LogP contribution in [0.2, 0.25) is 0 Å². The van der Waals surface area contributed by atoms with E-state index in [0.29, 0.717) is 6.10 Å². The summed E-state index contributed by atoms with van der Waals surface area (Å²) in [5.41, 5.74) is 0. The predicted molar refractivity (Wildman–Crippen MR) is 64.1 cm³/mol. The molecule has 86 valence electrons. The van der Waals surface area contributed by atoms with Crippen LogP contribution in [-0.4, -0.2) is 18.6 Å². The molecule has 2 heteroatoms. The summed E-state index contributed by atoms with van der Waals surface area (Å²) in [6, 6.07) is 0. The molecular weight excluding hydrogens is 196 g/mol. The molecular formula is C12H25ClO. The molecule has 0 radical (unpaired) electrons. The highest BCUT2D eigenvalue weighted by Crippen LogP contribution is 2.08. The summed E-state index contributed by atoms with van der Waals surface area (Å²) in [5.74, 6) is 0.758. The maximum absolute atomic E-state index is 5.67. The van der Waals surface area contributed by atoms with Gasteiger partial charge < -0.3 is 4.74 Å². The monoisotopic (exact) mass is 220 g/mol. The smallest absolute Gasteiger partial charge is 0.0547 e. The predicted octanol–water partition coefficient (Wildman–Crippen LogP) is 4.38. The first-order chi connectivity index (χ1) is 6.81. The van der Waals surface area contributed by atoms with Gasteiger partial charge in [-0.1, -0.05) is 32.6 Å². The Balaban J connectivity index is 3.07. The fourth-order valence-electron chi connectivity index (χ4n) is 1.42. The highest BCUT2D eigenvalue weighted by Gasteiger charge is 2.00. The highest BCUT2D eigenvalue weighted by atomic mass is 35.5. The van der Waals surface area contributed by atoms with E-state index in [-0.39, 0.29) is 0 Å². The molecule has 14 heavy (non-hydrogen) atoms. The van der Waals surface area contributed by atoms with Gasteiger partial charge in [0.1, 0.15) is 0 Å². The molecule has 0 aromatic heterocycles. The van der Waals surface area contributed by atoms with E-state index in [4.69, 9.17) is 16.3 Å². The minimum absolute atomic E-state index is 0.433. The average Bonchev–Trinajstić information content (AvgIpc) is 2.19. The van der Waals surface area contributed by atoms with E-state index in [0.717, 1.165) is 25.3 Å². The first-order valence-electron chi connectivity index (χ1n) is 5.98. The average molecular weight is 221 g/mol. The topological polar surface area (TPSA) is 9.23 Å². The molecule has 0 N–H and O–H groups in total. The lowest BCUT2D eigenvalue weighted by Crippen LogP contribution is -2.09. The lowest BCUT2D eigenvalue weighted by atomic mass is 10.1. The number of halogens is 1. The fourth-order valence-corrected chi connectivity index (χ4v) is 1.61. The Morgan fingerprint density at radius 1 is 1.07 bits per heavy atom. The standard InChI is InChI=1S/C12H25ClO/c1-3-4-5-6-9-12(2)14-11-8-7-10-13/h12H,3-11H2,1-2H3. The SMILES string of the molecule is CCCCCCC(C)OCCCCCl. The normalized spacial score (nSPS) is 13.1. The van der Waals surface area contributed by atoms with Crippen LogP contribution < -0.4 is 0 Å². The molecule has 0 aromatic carbocycles. The quantitative estimate of drug-likeness (QED) is 0.392. The first kappa shape index (κ1) is 14.2. The Morgan fingerprint density at radius 3 is 2.50 bits per heavy atom. The van der Waals surface area contributed by atoms with Crippen molar-refractivity contribution >= 4 is 11.6 Å². The summed E-state index contributed by atoms with van der Waals surface area (Å²) < 4.78 is 5.67. The molecule has 0 aliphatic rings. The van der Waals surface area contributed by atoms with Gasteiger partial charge in [0, 0.05) is 12.5 Å². The highest BCUT2D eigenvalue weighted by molar-refractivity contribution is 6.17. The lowest BCUT2D eigenvalue weighted by molar-refractivity contribution is 0.0567. The molecule has 0 bridgehead atoms. The third-order valence-electron chi connectivity index (χ3n) is 2.39. The number of ether oxygens (including phenoxy) is 1. The number of hydrogen-bond acceptors (Lipinski definition) is 1. The zero-order valence-electron chi connectivity index (χ0n) is 9.73. The summed E-state index contributed by atoms with van der Waals surface area (Å²) >= 11 is 5.58. The second-order valence-corrected chi connectivity index (χ2v) is 4.30. The molecule has 0 aliphatic heterocycles. The van der Waals surface area contributed by atoms with E-state index >= 15 is 0 Å². The van der Waals surface area contributed by atoms with Crippen molar-refractivity contribution in [3.8, 4) is 0 Å². The van der Waals surface area contributed by atoms with E-state index in [9.17, 15) is 0 Å². The molecule has 0 saturated heterocycles.